The summed E-state index contributed by atoms with van der Waals surface area (Å²) >= 11 is 5.66. The molecule has 3 rings (SSSR count). The zero-order valence-electron chi connectivity index (χ0n) is 15.3. The molecular formula is C20H31N3S. The number of benzene rings is 1. The van der Waals surface area contributed by atoms with Crippen molar-refractivity contribution in [1.82, 2.24) is 9.80 Å². The average molecular weight is 346 g/mol. The molecule has 0 aromatic heterocycles. The second-order valence-corrected chi connectivity index (χ2v) is 7.96. The third-order valence-electron chi connectivity index (χ3n) is 5.85. The Morgan fingerprint density at radius 1 is 1.08 bits per heavy atom. The summed E-state index contributed by atoms with van der Waals surface area (Å²) in [6.07, 6.45) is 8.06. The Morgan fingerprint density at radius 2 is 1.71 bits per heavy atom. The fourth-order valence-corrected chi connectivity index (χ4v) is 4.53. The monoisotopic (exact) mass is 345 g/mol. The Balaban J connectivity index is 1.51. The number of aryl methyl sites for hydroxylation is 2. The molecule has 1 saturated heterocycles. The van der Waals surface area contributed by atoms with Crippen molar-refractivity contribution in [1.29, 1.82) is 0 Å². The number of nitrogens with one attached hydrogen (secondary N) is 1. The van der Waals surface area contributed by atoms with Crippen LogP contribution in [-0.2, 0) is 0 Å². The highest BCUT2D eigenvalue weighted by molar-refractivity contribution is 7.80. The summed E-state index contributed by atoms with van der Waals surface area (Å²) in [5.74, 6) is 0. The molecule has 0 atom stereocenters. The molecule has 0 unspecified atom stereocenters. The van der Waals surface area contributed by atoms with E-state index in [1.54, 1.807) is 0 Å². The first kappa shape index (κ1) is 17.7. The molecule has 24 heavy (non-hydrogen) atoms. The second kappa shape index (κ2) is 7.83. The molecule has 1 aromatic rings. The number of likely N-dealkylation sites (tertiary alicyclic amines) is 1. The molecule has 1 aliphatic carbocycles. The molecule has 1 heterocycles. The van der Waals surface area contributed by atoms with Crippen LogP contribution in [0, 0.1) is 13.8 Å². The van der Waals surface area contributed by atoms with E-state index in [1.807, 2.05) is 0 Å². The lowest BCUT2D eigenvalue weighted by Gasteiger charge is -2.40. The molecule has 1 saturated carbocycles. The van der Waals surface area contributed by atoms with Gasteiger partial charge in [-0.25, -0.2) is 0 Å². The predicted molar refractivity (Wildman–Crippen MR) is 107 cm³/mol. The van der Waals surface area contributed by atoms with Crippen LogP contribution in [0.3, 0.4) is 0 Å². The molecule has 2 fully saturated rings. The summed E-state index contributed by atoms with van der Waals surface area (Å²) < 4.78 is 0. The van der Waals surface area contributed by atoms with Crippen LogP contribution in [0.4, 0.5) is 5.69 Å². The van der Waals surface area contributed by atoms with Gasteiger partial charge in [-0.3, -0.25) is 0 Å². The van der Waals surface area contributed by atoms with Gasteiger partial charge in [-0.1, -0.05) is 30.5 Å². The van der Waals surface area contributed by atoms with Gasteiger partial charge in [0.05, 0.1) is 0 Å². The zero-order chi connectivity index (χ0) is 17.1. The molecular weight excluding hydrogens is 314 g/mol. The van der Waals surface area contributed by atoms with Gasteiger partial charge >= 0.3 is 0 Å². The van der Waals surface area contributed by atoms with Crippen LogP contribution in [0.5, 0.6) is 0 Å². The largest absolute Gasteiger partial charge is 0.349 e. The lowest BCUT2D eigenvalue weighted by atomic mass is 10.0. The Morgan fingerprint density at radius 3 is 2.33 bits per heavy atom. The SMILES string of the molecule is Cc1ccc(NC(=S)N2CCC(N(C)C3CCCC3)CC2)c(C)c1. The van der Waals surface area contributed by atoms with Crippen molar-refractivity contribution >= 4 is 23.0 Å². The van der Waals surface area contributed by atoms with Crippen molar-refractivity contribution in [2.24, 2.45) is 0 Å². The molecule has 3 nitrogen and oxygen atoms in total. The van der Waals surface area contributed by atoms with Crippen molar-refractivity contribution in [3.8, 4) is 0 Å². The van der Waals surface area contributed by atoms with Crippen molar-refractivity contribution < 1.29 is 0 Å². The minimum Gasteiger partial charge on any atom is -0.349 e. The van der Waals surface area contributed by atoms with Gasteiger partial charge in [0.15, 0.2) is 5.11 Å². The first-order valence-corrected chi connectivity index (χ1v) is 9.80. The van der Waals surface area contributed by atoms with Crippen LogP contribution in [0.15, 0.2) is 18.2 Å². The van der Waals surface area contributed by atoms with Crippen LogP contribution in [0.2, 0.25) is 0 Å². The molecule has 1 aromatic carbocycles. The fraction of sp³-hybridized carbons (Fsp3) is 0.650. The van der Waals surface area contributed by atoms with Gasteiger partial charge in [-0.05, 0) is 70.4 Å². The maximum atomic E-state index is 5.66. The predicted octanol–water partition coefficient (Wildman–Crippen LogP) is 4.34. The number of hydrogen-bond acceptors (Lipinski definition) is 2. The van der Waals surface area contributed by atoms with E-state index >= 15 is 0 Å². The molecule has 0 spiro atoms. The van der Waals surface area contributed by atoms with E-state index in [0.717, 1.165) is 36.0 Å². The number of anilines is 1. The highest BCUT2D eigenvalue weighted by Gasteiger charge is 2.29. The Labute approximate surface area is 152 Å². The topological polar surface area (TPSA) is 18.5 Å². The maximum absolute atomic E-state index is 5.66. The van der Waals surface area contributed by atoms with Crippen molar-refractivity contribution in [2.45, 2.75) is 64.5 Å². The van der Waals surface area contributed by atoms with E-state index in [1.165, 1.54) is 49.7 Å². The summed E-state index contributed by atoms with van der Waals surface area (Å²) in [6, 6.07) is 8.03. The number of nitrogens with zero attached hydrogens (tertiary/aromatic N) is 2. The van der Waals surface area contributed by atoms with Gasteiger partial charge < -0.3 is 15.1 Å². The molecule has 132 valence electrons. The normalized spacial score (nSPS) is 19.9. The molecule has 0 bridgehead atoms. The van der Waals surface area contributed by atoms with E-state index in [4.69, 9.17) is 12.2 Å². The number of piperidine rings is 1. The maximum Gasteiger partial charge on any atom is 0.173 e. The summed E-state index contributed by atoms with van der Waals surface area (Å²) in [6.45, 7) is 6.40. The highest BCUT2D eigenvalue weighted by Crippen LogP contribution is 2.27. The van der Waals surface area contributed by atoms with Gasteiger partial charge in [-0.15, -0.1) is 0 Å². The summed E-state index contributed by atoms with van der Waals surface area (Å²) in [7, 11) is 2.34. The van der Waals surface area contributed by atoms with Crippen LogP contribution in [0.1, 0.15) is 49.7 Å². The van der Waals surface area contributed by atoms with Crippen LogP contribution in [0.25, 0.3) is 0 Å². The molecule has 0 radical (unpaired) electrons. The number of hydrogen-bond donors (Lipinski definition) is 1. The van der Waals surface area contributed by atoms with E-state index in [-0.39, 0.29) is 0 Å². The fourth-order valence-electron chi connectivity index (χ4n) is 4.23. The lowest BCUT2D eigenvalue weighted by molar-refractivity contribution is 0.122. The minimum atomic E-state index is 0.730. The van der Waals surface area contributed by atoms with Crippen LogP contribution in [-0.4, -0.2) is 47.1 Å². The quantitative estimate of drug-likeness (QED) is 0.821. The van der Waals surface area contributed by atoms with Crippen molar-refractivity contribution in [3.63, 3.8) is 0 Å². The Kier molecular flexibility index (Phi) is 5.77. The first-order chi connectivity index (χ1) is 11.5. The molecule has 0 amide bonds. The second-order valence-electron chi connectivity index (χ2n) is 7.57. The van der Waals surface area contributed by atoms with Crippen molar-refractivity contribution in [2.75, 3.05) is 25.5 Å². The van der Waals surface area contributed by atoms with E-state index in [0.29, 0.717) is 0 Å². The van der Waals surface area contributed by atoms with E-state index in [9.17, 15) is 0 Å². The summed E-state index contributed by atoms with van der Waals surface area (Å²) in [5, 5.41) is 4.33. The van der Waals surface area contributed by atoms with Gasteiger partial charge in [0.1, 0.15) is 0 Å². The van der Waals surface area contributed by atoms with Crippen LogP contribution >= 0.6 is 12.2 Å². The van der Waals surface area contributed by atoms with Gasteiger partial charge in [0.25, 0.3) is 0 Å². The zero-order valence-corrected chi connectivity index (χ0v) is 16.2. The number of rotatable bonds is 3. The Hall–Kier alpha value is -1.13. The Bertz CT molecular complexity index is 572. The molecule has 4 heteroatoms. The summed E-state index contributed by atoms with van der Waals surface area (Å²) in [5.41, 5.74) is 3.68. The molecule has 1 N–H and O–H groups in total. The molecule has 2 aliphatic rings. The van der Waals surface area contributed by atoms with Gasteiger partial charge in [-0.2, -0.15) is 0 Å². The standard InChI is InChI=1S/C20H31N3S/c1-15-8-9-19(16(2)14-15)21-20(24)23-12-10-18(11-13-23)22(3)17-6-4-5-7-17/h8-9,14,17-18H,4-7,10-13H2,1-3H3,(H,21,24). The van der Waals surface area contributed by atoms with Gasteiger partial charge in [0.2, 0.25) is 0 Å². The highest BCUT2D eigenvalue weighted by atomic mass is 32.1. The third-order valence-corrected chi connectivity index (χ3v) is 6.21. The average Bonchev–Trinajstić information content (AvgIpc) is 3.11. The van der Waals surface area contributed by atoms with Crippen LogP contribution < -0.4 is 5.32 Å². The minimum absolute atomic E-state index is 0.730. The first-order valence-electron chi connectivity index (χ1n) is 9.39. The lowest BCUT2D eigenvalue weighted by Crippen LogP contribution is -2.48. The van der Waals surface area contributed by atoms with E-state index in [2.05, 4.69) is 54.2 Å². The third kappa shape index (κ3) is 4.09. The van der Waals surface area contributed by atoms with Crippen molar-refractivity contribution in [3.05, 3.63) is 29.3 Å². The van der Waals surface area contributed by atoms with Gasteiger partial charge in [0, 0.05) is 30.9 Å². The number of thiocarbonyl (C=S) groups is 1. The van der Waals surface area contributed by atoms with E-state index < -0.39 is 0 Å². The molecule has 1 aliphatic heterocycles. The summed E-state index contributed by atoms with van der Waals surface area (Å²) in [4.78, 5) is 5.00. The smallest absolute Gasteiger partial charge is 0.173 e.